The molecule has 0 aliphatic heterocycles. The number of hydrogen-bond acceptors (Lipinski definition) is 7. The predicted molar refractivity (Wildman–Crippen MR) is 70.8 cm³/mol. The Hall–Kier alpha value is -1.34. The van der Waals surface area contributed by atoms with Crippen LogP contribution in [0.4, 0.5) is 17.8 Å². The highest BCUT2D eigenvalue weighted by atomic mass is 35.5. The molecule has 0 aromatic carbocycles. The van der Waals surface area contributed by atoms with Gasteiger partial charge in [-0.1, -0.05) is 0 Å². The first-order chi connectivity index (χ1) is 7.71. The molecule has 2 N–H and O–H groups in total. The molecule has 0 unspecified atom stereocenters. The Kier molecular flexibility index (Phi) is 7.24. The van der Waals surface area contributed by atoms with E-state index >= 15 is 0 Å². The first-order valence-electron chi connectivity index (χ1n) is 5.22. The SMILES string of the molecule is CCNc1nc(NCC)nc(N(C)OC)n1.Cl. The van der Waals surface area contributed by atoms with Crippen LogP contribution in [0.2, 0.25) is 0 Å². The van der Waals surface area contributed by atoms with Gasteiger partial charge >= 0.3 is 0 Å². The van der Waals surface area contributed by atoms with Crippen LogP contribution in [-0.4, -0.2) is 42.2 Å². The molecule has 0 saturated heterocycles. The zero-order valence-electron chi connectivity index (χ0n) is 10.5. The van der Waals surface area contributed by atoms with Crippen molar-refractivity contribution in [3.8, 4) is 0 Å². The lowest BCUT2D eigenvalue weighted by Crippen LogP contribution is -2.20. The summed E-state index contributed by atoms with van der Waals surface area (Å²) >= 11 is 0. The van der Waals surface area contributed by atoms with Gasteiger partial charge < -0.3 is 10.6 Å². The van der Waals surface area contributed by atoms with Crippen LogP contribution in [-0.2, 0) is 4.84 Å². The molecule has 0 atom stereocenters. The maximum atomic E-state index is 5.03. The van der Waals surface area contributed by atoms with Crippen LogP contribution in [0, 0.1) is 0 Å². The van der Waals surface area contributed by atoms with E-state index in [-0.39, 0.29) is 12.4 Å². The van der Waals surface area contributed by atoms with Crippen LogP contribution >= 0.6 is 12.4 Å². The number of hydroxylamine groups is 1. The van der Waals surface area contributed by atoms with Crippen LogP contribution in [0.3, 0.4) is 0 Å². The van der Waals surface area contributed by atoms with E-state index < -0.39 is 0 Å². The highest BCUT2D eigenvalue weighted by Gasteiger charge is 2.08. The fourth-order valence-electron chi connectivity index (χ4n) is 1.06. The van der Waals surface area contributed by atoms with Crippen molar-refractivity contribution in [3.05, 3.63) is 0 Å². The van der Waals surface area contributed by atoms with Crippen molar-refractivity contribution in [1.29, 1.82) is 0 Å². The third kappa shape index (κ3) is 4.58. The Morgan fingerprint density at radius 3 is 1.88 bits per heavy atom. The molecule has 17 heavy (non-hydrogen) atoms. The summed E-state index contributed by atoms with van der Waals surface area (Å²) in [5, 5.41) is 7.56. The summed E-state index contributed by atoms with van der Waals surface area (Å²) in [6.45, 7) is 5.48. The number of halogens is 1. The number of aromatic nitrogens is 3. The Morgan fingerprint density at radius 2 is 1.53 bits per heavy atom. The average molecular weight is 263 g/mol. The van der Waals surface area contributed by atoms with Gasteiger partial charge in [-0.15, -0.1) is 12.4 Å². The molecule has 1 aromatic heterocycles. The molecule has 8 heteroatoms. The van der Waals surface area contributed by atoms with Crippen LogP contribution in [0.15, 0.2) is 0 Å². The first-order valence-corrected chi connectivity index (χ1v) is 5.22. The van der Waals surface area contributed by atoms with Crippen LogP contribution < -0.4 is 15.7 Å². The molecule has 1 aromatic rings. The van der Waals surface area contributed by atoms with Crippen LogP contribution in [0.1, 0.15) is 13.8 Å². The van der Waals surface area contributed by atoms with Gasteiger partial charge in [0.05, 0.1) is 7.11 Å². The largest absolute Gasteiger partial charge is 0.354 e. The summed E-state index contributed by atoms with van der Waals surface area (Å²) in [4.78, 5) is 17.6. The van der Waals surface area contributed by atoms with E-state index in [1.54, 1.807) is 14.2 Å². The molecule has 0 saturated carbocycles. The minimum Gasteiger partial charge on any atom is -0.354 e. The van der Waals surface area contributed by atoms with Gasteiger partial charge in [0, 0.05) is 20.1 Å². The van der Waals surface area contributed by atoms with Crippen molar-refractivity contribution in [2.24, 2.45) is 0 Å². The van der Waals surface area contributed by atoms with E-state index in [4.69, 9.17) is 4.84 Å². The minimum absolute atomic E-state index is 0. The van der Waals surface area contributed by atoms with E-state index in [1.807, 2.05) is 13.8 Å². The lowest BCUT2D eigenvalue weighted by Gasteiger charge is -2.15. The molecule has 7 nitrogen and oxygen atoms in total. The zero-order chi connectivity index (χ0) is 12.0. The molecule has 0 fully saturated rings. The van der Waals surface area contributed by atoms with Gasteiger partial charge in [-0.25, -0.2) is 5.06 Å². The molecule has 1 heterocycles. The molecule has 0 aliphatic carbocycles. The number of nitrogens with one attached hydrogen (secondary N) is 2. The zero-order valence-corrected chi connectivity index (χ0v) is 11.3. The fourth-order valence-corrected chi connectivity index (χ4v) is 1.06. The maximum absolute atomic E-state index is 5.03. The van der Waals surface area contributed by atoms with Gasteiger partial charge in [0.15, 0.2) is 0 Å². The molecular formula is C9H19ClN6O. The normalized spacial score (nSPS) is 9.41. The summed E-state index contributed by atoms with van der Waals surface area (Å²) in [5.74, 6) is 1.53. The van der Waals surface area contributed by atoms with Crippen LogP contribution in [0.25, 0.3) is 0 Å². The standard InChI is InChI=1S/C9H18N6O.ClH/c1-5-10-7-12-8(11-6-2)14-9(13-7)15(3)16-4;/h5-6H2,1-4H3,(H2,10,11,12,13,14);1H. The van der Waals surface area contributed by atoms with Gasteiger partial charge in [0.1, 0.15) is 0 Å². The summed E-state index contributed by atoms with van der Waals surface area (Å²) in [7, 11) is 3.30. The van der Waals surface area contributed by atoms with E-state index in [2.05, 4.69) is 25.6 Å². The number of anilines is 3. The van der Waals surface area contributed by atoms with E-state index in [0.29, 0.717) is 17.8 Å². The van der Waals surface area contributed by atoms with Crippen molar-refractivity contribution in [2.45, 2.75) is 13.8 Å². The van der Waals surface area contributed by atoms with Gasteiger partial charge in [0.25, 0.3) is 5.95 Å². The Balaban J connectivity index is 0.00000256. The van der Waals surface area contributed by atoms with Crippen molar-refractivity contribution in [3.63, 3.8) is 0 Å². The second-order valence-electron chi connectivity index (χ2n) is 3.02. The average Bonchev–Trinajstić information content (AvgIpc) is 2.28. The highest BCUT2D eigenvalue weighted by Crippen LogP contribution is 2.11. The summed E-state index contributed by atoms with van der Waals surface area (Å²) < 4.78 is 0. The second kappa shape index (κ2) is 7.86. The molecule has 98 valence electrons. The van der Waals surface area contributed by atoms with E-state index in [9.17, 15) is 0 Å². The third-order valence-electron chi connectivity index (χ3n) is 1.85. The lowest BCUT2D eigenvalue weighted by atomic mass is 10.7. The topological polar surface area (TPSA) is 75.2 Å². The van der Waals surface area contributed by atoms with Crippen molar-refractivity contribution in [2.75, 3.05) is 42.9 Å². The predicted octanol–water partition coefficient (Wildman–Crippen LogP) is 1.15. The highest BCUT2D eigenvalue weighted by molar-refractivity contribution is 5.85. The Morgan fingerprint density at radius 1 is 1.06 bits per heavy atom. The van der Waals surface area contributed by atoms with Crippen LogP contribution in [0.5, 0.6) is 0 Å². The summed E-state index contributed by atoms with van der Waals surface area (Å²) in [5.41, 5.74) is 0. The summed E-state index contributed by atoms with van der Waals surface area (Å²) in [6, 6.07) is 0. The van der Waals surface area contributed by atoms with Gasteiger partial charge in [0.2, 0.25) is 11.9 Å². The van der Waals surface area contributed by atoms with E-state index in [0.717, 1.165) is 13.1 Å². The van der Waals surface area contributed by atoms with Crippen molar-refractivity contribution >= 4 is 30.3 Å². The first kappa shape index (κ1) is 15.7. The number of rotatable bonds is 6. The number of hydrogen-bond donors (Lipinski definition) is 2. The molecule has 0 bridgehead atoms. The van der Waals surface area contributed by atoms with Crippen molar-refractivity contribution < 1.29 is 4.84 Å². The fraction of sp³-hybridized carbons (Fsp3) is 0.667. The quantitative estimate of drug-likeness (QED) is 0.745. The number of nitrogens with zero attached hydrogens (tertiary/aromatic N) is 4. The second-order valence-corrected chi connectivity index (χ2v) is 3.02. The molecule has 1 rings (SSSR count). The van der Waals surface area contributed by atoms with E-state index in [1.165, 1.54) is 5.06 Å². The molecule has 0 radical (unpaired) electrons. The minimum atomic E-state index is 0. The Labute approximate surface area is 107 Å². The molecular weight excluding hydrogens is 244 g/mol. The molecule has 0 amide bonds. The lowest BCUT2D eigenvalue weighted by molar-refractivity contribution is 0.180. The monoisotopic (exact) mass is 262 g/mol. The third-order valence-corrected chi connectivity index (χ3v) is 1.85. The smallest absolute Gasteiger partial charge is 0.256 e. The van der Waals surface area contributed by atoms with Gasteiger partial charge in [-0.2, -0.15) is 15.0 Å². The maximum Gasteiger partial charge on any atom is 0.256 e. The van der Waals surface area contributed by atoms with Gasteiger partial charge in [-0.3, -0.25) is 4.84 Å². The Bertz CT molecular complexity index is 313. The van der Waals surface area contributed by atoms with Gasteiger partial charge in [-0.05, 0) is 13.8 Å². The summed E-state index contributed by atoms with van der Waals surface area (Å²) in [6.07, 6.45) is 0. The molecule has 0 spiro atoms. The molecule has 0 aliphatic rings. The van der Waals surface area contributed by atoms with Crippen molar-refractivity contribution in [1.82, 2.24) is 15.0 Å².